The number of carbonyl (C=O) groups is 1. The van der Waals surface area contributed by atoms with Crippen molar-refractivity contribution in [2.45, 2.75) is 19.6 Å². The summed E-state index contributed by atoms with van der Waals surface area (Å²) in [6.07, 6.45) is -0.696. The topological polar surface area (TPSA) is 35.5 Å². The maximum absolute atomic E-state index is 11.9. The Kier molecular flexibility index (Phi) is 5.48. The van der Waals surface area contributed by atoms with Crippen LogP contribution < -0.4 is 4.74 Å². The summed E-state index contributed by atoms with van der Waals surface area (Å²) in [5.74, 6) is 0.134. The SMILES string of the molecule is CC(Oc1ccc(Cl)cc1)C(=O)OCc1ccc(Cl)cc1. The van der Waals surface area contributed by atoms with Gasteiger partial charge in [0.1, 0.15) is 12.4 Å². The number of hydrogen-bond donors (Lipinski definition) is 0. The molecule has 0 radical (unpaired) electrons. The Labute approximate surface area is 133 Å². The van der Waals surface area contributed by atoms with Crippen molar-refractivity contribution in [2.75, 3.05) is 0 Å². The van der Waals surface area contributed by atoms with Crippen LogP contribution in [0.2, 0.25) is 10.0 Å². The molecule has 0 aliphatic rings. The molecule has 21 heavy (non-hydrogen) atoms. The minimum atomic E-state index is -0.696. The number of esters is 1. The molecule has 0 aliphatic heterocycles. The fraction of sp³-hybridized carbons (Fsp3) is 0.188. The highest BCUT2D eigenvalue weighted by Crippen LogP contribution is 2.17. The first-order chi connectivity index (χ1) is 10.0. The first-order valence-electron chi connectivity index (χ1n) is 6.38. The first kappa shape index (κ1) is 15.7. The molecule has 0 N–H and O–H groups in total. The summed E-state index contributed by atoms with van der Waals surface area (Å²) in [4.78, 5) is 11.9. The Hall–Kier alpha value is -1.71. The zero-order chi connectivity index (χ0) is 15.2. The fourth-order valence-electron chi connectivity index (χ4n) is 1.62. The lowest BCUT2D eigenvalue weighted by Crippen LogP contribution is -2.26. The molecular weight excluding hydrogens is 311 g/mol. The molecule has 2 rings (SSSR count). The molecule has 0 saturated carbocycles. The standard InChI is InChI=1S/C16H14Cl2O3/c1-11(21-15-8-6-14(18)7-9-15)16(19)20-10-12-2-4-13(17)5-3-12/h2-9,11H,10H2,1H3. The lowest BCUT2D eigenvalue weighted by atomic mass is 10.2. The van der Waals surface area contributed by atoms with Crippen molar-refractivity contribution in [2.24, 2.45) is 0 Å². The highest BCUT2D eigenvalue weighted by atomic mass is 35.5. The van der Waals surface area contributed by atoms with Crippen LogP contribution in [0.15, 0.2) is 48.5 Å². The molecule has 1 unspecified atom stereocenters. The van der Waals surface area contributed by atoms with Crippen molar-refractivity contribution in [1.82, 2.24) is 0 Å². The van der Waals surface area contributed by atoms with Crippen LogP contribution in [0.5, 0.6) is 5.75 Å². The van der Waals surface area contributed by atoms with Crippen LogP contribution >= 0.6 is 23.2 Å². The Morgan fingerprint density at radius 3 is 2.10 bits per heavy atom. The van der Waals surface area contributed by atoms with E-state index in [2.05, 4.69) is 0 Å². The van der Waals surface area contributed by atoms with E-state index in [1.807, 2.05) is 0 Å². The molecule has 0 heterocycles. The van der Waals surface area contributed by atoms with Crippen LogP contribution in [-0.2, 0) is 16.1 Å². The highest BCUT2D eigenvalue weighted by Gasteiger charge is 2.16. The molecule has 5 heteroatoms. The van der Waals surface area contributed by atoms with Crippen molar-refractivity contribution in [3.05, 3.63) is 64.1 Å². The van der Waals surface area contributed by atoms with Gasteiger partial charge in [-0.3, -0.25) is 0 Å². The molecule has 0 spiro atoms. The minimum absolute atomic E-state index is 0.185. The van der Waals surface area contributed by atoms with Crippen LogP contribution in [-0.4, -0.2) is 12.1 Å². The molecule has 0 fully saturated rings. The van der Waals surface area contributed by atoms with Crippen LogP contribution in [0.25, 0.3) is 0 Å². The van der Waals surface area contributed by atoms with E-state index < -0.39 is 12.1 Å². The quantitative estimate of drug-likeness (QED) is 0.759. The summed E-state index contributed by atoms with van der Waals surface area (Å²) < 4.78 is 10.7. The van der Waals surface area contributed by atoms with Gasteiger partial charge in [0, 0.05) is 10.0 Å². The maximum Gasteiger partial charge on any atom is 0.347 e. The molecule has 0 amide bonds. The zero-order valence-electron chi connectivity index (χ0n) is 11.4. The summed E-state index contributed by atoms with van der Waals surface area (Å²) in [5, 5.41) is 1.25. The van der Waals surface area contributed by atoms with Gasteiger partial charge >= 0.3 is 5.97 Å². The average Bonchev–Trinajstić information content (AvgIpc) is 2.48. The van der Waals surface area contributed by atoms with Gasteiger partial charge in [-0.1, -0.05) is 35.3 Å². The van der Waals surface area contributed by atoms with Crippen molar-refractivity contribution >= 4 is 29.2 Å². The summed E-state index contributed by atoms with van der Waals surface area (Å²) in [7, 11) is 0. The van der Waals surface area contributed by atoms with Crippen molar-refractivity contribution in [1.29, 1.82) is 0 Å². The van der Waals surface area contributed by atoms with Gasteiger partial charge in [-0.05, 0) is 48.9 Å². The molecular formula is C16H14Cl2O3. The molecule has 0 bridgehead atoms. The van der Waals surface area contributed by atoms with Gasteiger partial charge in [0.2, 0.25) is 0 Å². The molecule has 0 aromatic heterocycles. The van der Waals surface area contributed by atoms with Gasteiger partial charge in [0.15, 0.2) is 6.10 Å². The van der Waals surface area contributed by atoms with E-state index >= 15 is 0 Å². The number of benzene rings is 2. The van der Waals surface area contributed by atoms with E-state index in [9.17, 15) is 4.79 Å². The third kappa shape index (κ3) is 4.96. The molecule has 1 atom stereocenters. The molecule has 2 aromatic rings. The number of hydrogen-bond acceptors (Lipinski definition) is 3. The lowest BCUT2D eigenvalue weighted by Gasteiger charge is -2.14. The molecule has 0 aliphatic carbocycles. The van der Waals surface area contributed by atoms with Gasteiger partial charge < -0.3 is 9.47 Å². The Bertz CT molecular complexity index is 594. The summed E-state index contributed by atoms with van der Waals surface area (Å²) >= 11 is 11.6. The zero-order valence-corrected chi connectivity index (χ0v) is 12.9. The van der Waals surface area contributed by atoms with Gasteiger partial charge in [-0.15, -0.1) is 0 Å². The Morgan fingerprint density at radius 2 is 1.52 bits per heavy atom. The van der Waals surface area contributed by atoms with Crippen molar-refractivity contribution in [3.8, 4) is 5.75 Å². The second kappa shape index (κ2) is 7.34. The third-order valence-electron chi connectivity index (χ3n) is 2.75. The smallest absolute Gasteiger partial charge is 0.347 e. The Morgan fingerprint density at radius 1 is 1.00 bits per heavy atom. The highest BCUT2D eigenvalue weighted by molar-refractivity contribution is 6.30. The van der Waals surface area contributed by atoms with E-state index in [1.54, 1.807) is 55.5 Å². The third-order valence-corrected chi connectivity index (χ3v) is 3.26. The van der Waals surface area contributed by atoms with E-state index in [0.29, 0.717) is 15.8 Å². The van der Waals surface area contributed by atoms with Gasteiger partial charge in [0.25, 0.3) is 0 Å². The summed E-state index contributed by atoms with van der Waals surface area (Å²) in [6, 6.07) is 13.9. The van der Waals surface area contributed by atoms with Gasteiger partial charge in [-0.2, -0.15) is 0 Å². The molecule has 0 saturated heterocycles. The summed E-state index contributed by atoms with van der Waals surface area (Å²) in [5.41, 5.74) is 0.867. The van der Waals surface area contributed by atoms with E-state index in [1.165, 1.54) is 0 Å². The van der Waals surface area contributed by atoms with Crippen LogP contribution in [0.4, 0.5) is 0 Å². The van der Waals surface area contributed by atoms with E-state index in [0.717, 1.165) is 5.56 Å². The first-order valence-corrected chi connectivity index (χ1v) is 7.13. The van der Waals surface area contributed by atoms with E-state index in [-0.39, 0.29) is 6.61 Å². The van der Waals surface area contributed by atoms with Crippen molar-refractivity contribution < 1.29 is 14.3 Å². The van der Waals surface area contributed by atoms with Gasteiger partial charge in [0.05, 0.1) is 0 Å². The lowest BCUT2D eigenvalue weighted by molar-refractivity contribution is -0.152. The normalized spacial score (nSPS) is 11.8. The predicted octanol–water partition coefficient (Wildman–Crippen LogP) is 4.50. The minimum Gasteiger partial charge on any atom is -0.479 e. The molecule has 2 aromatic carbocycles. The van der Waals surface area contributed by atoms with Crippen LogP contribution in [0, 0.1) is 0 Å². The van der Waals surface area contributed by atoms with Crippen LogP contribution in [0.1, 0.15) is 12.5 Å². The monoisotopic (exact) mass is 324 g/mol. The average molecular weight is 325 g/mol. The largest absolute Gasteiger partial charge is 0.479 e. The maximum atomic E-state index is 11.9. The predicted molar refractivity (Wildman–Crippen MR) is 82.8 cm³/mol. The van der Waals surface area contributed by atoms with Crippen LogP contribution in [0.3, 0.4) is 0 Å². The number of ether oxygens (including phenoxy) is 2. The Balaban J connectivity index is 1.84. The van der Waals surface area contributed by atoms with Gasteiger partial charge in [-0.25, -0.2) is 4.79 Å². The molecule has 110 valence electrons. The number of carbonyl (C=O) groups excluding carboxylic acids is 1. The van der Waals surface area contributed by atoms with Crippen molar-refractivity contribution in [3.63, 3.8) is 0 Å². The second-order valence-corrected chi connectivity index (χ2v) is 5.32. The number of halogens is 2. The number of rotatable bonds is 5. The summed E-state index contributed by atoms with van der Waals surface area (Å²) in [6.45, 7) is 1.82. The molecule has 3 nitrogen and oxygen atoms in total. The van der Waals surface area contributed by atoms with E-state index in [4.69, 9.17) is 32.7 Å². The second-order valence-electron chi connectivity index (χ2n) is 4.45. The fourth-order valence-corrected chi connectivity index (χ4v) is 1.87.